The number of amides is 1. The van der Waals surface area contributed by atoms with Crippen LogP contribution < -0.4 is 5.73 Å². The molecule has 3 aromatic heterocycles. The van der Waals surface area contributed by atoms with Gasteiger partial charge in [-0.3, -0.25) is 9.89 Å². The van der Waals surface area contributed by atoms with Crippen molar-refractivity contribution < 1.29 is 4.79 Å². The predicted octanol–water partition coefficient (Wildman–Crippen LogP) is 1.29. The lowest BCUT2D eigenvalue weighted by molar-refractivity contribution is 0.0701. The Hall–Kier alpha value is -2.97. The third-order valence-electron chi connectivity index (χ3n) is 4.66. The number of carbonyl (C=O) groups excluding carboxylic acids is 1. The summed E-state index contributed by atoms with van der Waals surface area (Å²) < 4.78 is 0. The van der Waals surface area contributed by atoms with Crippen LogP contribution in [0.1, 0.15) is 46.5 Å². The molecule has 0 radical (unpaired) electrons. The van der Waals surface area contributed by atoms with Crippen LogP contribution in [0.15, 0.2) is 6.07 Å². The first kappa shape index (κ1) is 15.6. The number of hydrogen-bond acceptors (Lipinski definition) is 6. The summed E-state index contributed by atoms with van der Waals surface area (Å²) in [5.41, 5.74) is 9.43. The van der Waals surface area contributed by atoms with Crippen molar-refractivity contribution in [3.63, 3.8) is 0 Å². The fourth-order valence-electron chi connectivity index (χ4n) is 3.49. The summed E-state index contributed by atoms with van der Waals surface area (Å²) >= 11 is 0. The lowest BCUT2D eigenvalue weighted by Gasteiger charge is -2.31. The minimum atomic E-state index is -0.158. The van der Waals surface area contributed by atoms with Gasteiger partial charge in [0, 0.05) is 18.8 Å². The van der Waals surface area contributed by atoms with Crippen molar-refractivity contribution in [3.05, 3.63) is 29.0 Å². The van der Waals surface area contributed by atoms with Gasteiger partial charge >= 0.3 is 0 Å². The van der Waals surface area contributed by atoms with Crippen LogP contribution in [0.5, 0.6) is 0 Å². The van der Waals surface area contributed by atoms with Crippen LogP contribution in [0.2, 0.25) is 0 Å². The number of fused-ring (bicyclic) bond motifs is 1. The van der Waals surface area contributed by atoms with Crippen LogP contribution in [0.3, 0.4) is 0 Å². The first-order chi connectivity index (χ1) is 12.0. The lowest BCUT2D eigenvalue weighted by Crippen LogP contribution is -2.38. The summed E-state index contributed by atoms with van der Waals surface area (Å²) in [7, 11) is 0. The van der Waals surface area contributed by atoms with Crippen molar-refractivity contribution in [1.82, 2.24) is 35.0 Å². The highest BCUT2D eigenvalue weighted by molar-refractivity contribution is 5.90. The zero-order chi connectivity index (χ0) is 17.6. The van der Waals surface area contributed by atoms with Crippen LogP contribution in [0.25, 0.3) is 11.2 Å². The third kappa shape index (κ3) is 2.81. The number of nitrogens with zero attached hydrogens (tertiary/aromatic N) is 5. The zero-order valence-electron chi connectivity index (χ0n) is 14.2. The Morgan fingerprint density at radius 2 is 2.00 bits per heavy atom. The minimum Gasteiger partial charge on any atom is -0.366 e. The highest BCUT2D eigenvalue weighted by Crippen LogP contribution is 2.32. The van der Waals surface area contributed by atoms with Crippen molar-refractivity contribution in [2.45, 2.75) is 32.6 Å². The van der Waals surface area contributed by atoms with E-state index >= 15 is 0 Å². The Balaban J connectivity index is 1.53. The van der Waals surface area contributed by atoms with Gasteiger partial charge in [0.1, 0.15) is 11.3 Å². The second-order valence-corrected chi connectivity index (χ2v) is 6.48. The highest BCUT2D eigenvalue weighted by atomic mass is 16.2. The Bertz CT molecular complexity index is 935. The molecule has 1 amide bonds. The van der Waals surface area contributed by atoms with Crippen LogP contribution in [-0.4, -0.2) is 54.0 Å². The molecule has 1 aliphatic rings. The second kappa shape index (κ2) is 5.83. The maximum absolute atomic E-state index is 12.4. The van der Waals surface area contributed by atoms with E-state index in [1.807, 2.05) is 13.8 Å². The average Bonchev–Trinajstić information content (AvgIpc) is 3.18. The van der Waals surface area contributed by atoms with Crippen LogP contribution in [0, 0.1) is 13.8 Å². The van der Waals surface area contributed by atoms with Crippen molar-refractivity contribution >= 4 is 23.0 Å². The number of piperidine rings is 1. The van der Waals surface area contributed by atoms with E-state index in [1.165, 1.54) is 5.56 Å². The average molecular weight is 340 g/mol. The number of aromatic nitrogens is 6. The molecule has 130 valence electrons. The van der Waals surface area contributed by atoms with Gasteiger partial charge in [-0.15, -0.1) is 5.10 Å². The minimum absolute atomic E-state index is 0.0850. The number of nitrogens with two attached hydrogens (primary N) is 1. The number of aromatic amines is 2. The number of aryl methyl sites for hydroxylation is 2. The molecule has 0 aromatic carbocycles. The number of imidazole rings is 1. The van der Waals surface area contributed by atoms with Gasteiger partial charge in [0.2, 0.25) is 11.8 Å². The molecular formula is C16H20N8O. The number of carbonyl (C=O) groups is 1. The predicted molar refractivity (Wildman–Crippen MR) is 92.0 cm³/mol. The van der Waals surface area contributed by atoms with Gasteiger partial charge in [-0.25, -0.2) is 9.97 Å². The van der Waals surface area contributed by atoms with E-state index in [2.05, 4.69) is 36.2 Å². The molecule has 25 heavy (non-hydrogen) atoms. The molecule has 1 fully saturated rings. The second-order valence-electron chi connectivity index (χ2n) is 6.48. The molecule has 9 heteroatoms. The monoisotopic (exact) mass is 340 g/mol. The van der Waals surface area contributed by atoms with Gasteiger partial charge in [-0.2, -0.15) is 4.98 Å². The molecule has 1 saturated heterocycles. The van der Waals surface area contributed by atoms with Crippen molar-refractivity contribution in [3.8, 4) is 0 Å². The molecule has 1 aliphatic heterocycles. The Kier molecular flexibility index (Phi) is 3.63. The number of pyridine rings is 1. The van der Waals surface area contributed by atoms with Crippen LogP contribution in [-0.2, 0) is 0 Å². The smallest absolute Gasteiger partial charge is 0.291 e. The fourth-order valence-corrected chi connectivity index (χ4v) is 3.49. The molecule has 0 spiro atoms. The van der Waals surface area contributed by atoms with E-state index in [0.29, 0.717) is 19.0 Å². The van der Waals surface area contributed by atoms with Gasteiger partial charge < -0.3 is 15.6 Å². The normalized spacial score (nSPS) is 15.8. The van der Waals surface area contributed by atoms with Gasteiger partial charge in [-0.1, -0.05) is 0 Å². The van der Waals surface area contributed by atoms with Crippen LogP contribution in [0.4, 0.5) is 5.95 Å². The van der Waals surface area contributed by atoms with Gasteiger partial charge in [0.15, 0.2) is 5.65 Å². The molecule has 0 aliphatic carbocycles. The molecule has 0 unspecified atom stereocenters. The molecule has 0 saturated carbocycles. The van der Waals surface area contributed by atoms with E-state index in [-0.39, 0.29) is 17.7 Å². The van der Waals surface area contributed by atoms with E-state index in [1.54, 1.807) is 4.90 Å². The standard InChI is InChI=1S/C16H20N8O/c1-8-7-11(12-13(18-8)20-9(2)19-12)10-3-5-24(6-4-10)15(25)14-21-16(17)23-22-14/h7,10H,3-6H2,1-2H3,(H,18,19,20)(H3,17,21,22,23). The lowest BCUT2D eigenvalue weighted by atomic mass is 9.89. The number of likely N-dealkylation sites (tertiary alicyclic amines) is 1. The maximum Gasteiger partial charge on any atom is 0.291 e. The molecular weight excluding hydrogens is 320 g/mol. The Labute approximate surface area is 144 Å². The van der Waals surface area contributed by atoms with Crippen molar-refractivity contribution in [1.29, 1.82) is 0 Å². The third-order valence-corrected chi connectivity index (χ3v) is 4.66. The molecule has 4 rings (SSSR count). The topological polar surface area (TPSA) is 129 Å². The summed E-state index contributed by atoms with van der Waals surface area (Å²) in [6.45, 7) is 5.25. The van der Waals surface area contributed by atoms with Crippen molar-refractivity contribution in [2.24, 2.45) is 0 Å². The van der Waals surface area contributed by atoms with E-state index in [9.17, 15) is 4.79 Å². The van der Waals surface area contributed by atoms with Gasteiger partial charge in [-0.05, 0) is 44.2 Å². The SMILES string of the molecule is Cc1cc(C2CCN(C(=O)c3nc(N)n[nH]3)CC2)c2nc(C)[nH]c2n1. The summed E-state index contributed by atoms with van der Waals surface area (Å²) in [5, 5.41) is 6.30. The largest absolute Gasteiger partial charge is 0.366 e. The van der Waals surface area contributed by atoms with E-state index < -0.39 is 0 Å². The number of H-pyrrole nitrogens is 2. The number of nitrogen functional groups attached to an aromatic ring is 1. The van der Waals surface area contributed by atoms with Gasteiger partial charge in [0.05, 0.1) is 0 Å². The molecule has 3 aromatic rings. The molecule has 0 bridgehead atoms. The molecule has 4 heterocycles. The summed E-state index contributed by atoms with van der Waals surface area (Å²) in [6, 6.07) is 2.11. The first-order valence-corrected chi connectivity index (χ1v) is 8.32. The summed E-state index contributed by atoms with van der Waals surface area (Å²) in [5.74, 6) is 1.35. The molecule has 0 atom stereocenters. The number of hydrogen-bond donors (Lipinski definition) is 3. The van der Waals surface area contributed by atoms with E-state index in [4.69, 9.17) is 5.73 Å². The molecule has 4 N–H and O–H groups in total. The Morgan fingerprint density at radius 3 is 2.68 bits per heavy atom. The highest BCUT2D eigenvalue weighted by Gasteiger charge is 2.28. The van der Waals surface area contributed by atoms with Crippen molar-refractivity contribution in [2.75, 3.05) is 18.8 Å². The number of nitrogens with one attached hydrogen (secondary N) is 2. The Morgan fingerprint density at radius 1 is 1.24 bits per heavy atom. The zero-order valence-corrected chi connectivity index (χ0v) is 14.2. The van der Waals surface area contributed by atoms with Gasteiger partial charge in [0.25, 0.3) is 5.91 Å². The maximum atomic E-state index is 12.4. The number of rotatable bonds is 2. The number of anilines is 1. The quantitative estimate of drug-likeness (QED) is 0.644. The first-order valence-electron chi connectivity index (χ1n) is 8.32. The molecule has 9 nitrogen and oxygen atoms in total. The van der Waals surface area contributed by atoms with E-state index in [0.717, 1.165) is 35.5 Å². The fraction of sp³-hybridized carbons (Fsp3) is 0.438. The summed E-state index contributed by atoms with van der Waals surface area (Å²) in [6.07, 6.45) is 1.75. The van der Waals surface area contributed by atoms with Crippen LogP contribution >= 0.6 is 0 Å². The summed E-state index contributed by atoms with van der Waals surface area (Å²) in [4.78, 5) is 30.5.